The molecule has 3 aromatic rings. The largest absolute Gasteiger partial charge is 0.370 e. The third kappa shape index (κ3) is 3.35. The molecule has 1 atom stereocenters. The van der Waals surface area contributed by atoms with Crippen LogP contribution in [0.3, 0.4) is 0 Å². The van der Waals surface area contributed by atoms with E-state index in [0.29, 0.717) is 23.8 Å². The molecule has 1 unspecified atom stereocenters. The molecule has 0 spiro atoms. The normalized spacial score (nSPS) is 20.6. The van der Waals surface area contributed by atoms with E-state index in [1.165, 1.54) is 0 Å². The molecule has 0 radical (unpaired) electrons. The van der Waals surface area contributed by atoms with E-state index < -0.39 is 0 Å². The van der Waals surface area contributed by atoms with Crippen molar-refractivity contribution in [2.45, 2.75) is 37.5 Å². The van der Waals surface area contributed by atoms with Crippen LogP contribution in [0, 0.1) is 0 Å². The zero-order chi connectivity index (χ0) is 20.7. The number of hydrogen-bond donors (Lipinski definition) is 1. The summed E-state index contributed by atoms with van der Waals surface area (Å²) in [4.78, 5) is 26.1. The van der Waals surface area contributed by atoms with Gasteiger partial charge in [-0.3, -0.25) is 14.9 Å². The molecule has 30 heavy (non-hydrogen) atoms. The molecule has 0 bridgehead atoms. The van der Waals surface area contributed by atoms with Crippen molar-refractivity contribution >= 4 is 40.0 Å². The Bertz CT molecular complexity index is 1120. The van der Waals surface area contributed by atoms with Crippen LogP contribution in [0.2, 0.25) is 5.02 Å². The summed E-state index contributed by atoms with van der Waals surface area (Å²) in [6.07, 6.45) is 4.46. The Morgan fingerprint density at radius 1 is 1.03 bits per heavy atom. The molecule has 2 aliphatic heterocycles. The maximum Gasteiger partial charge on any atom is 0.234 e. The van der Waals surface area contributed by atoms with Crippen molar-refractivity contribution in [3.8, 4) is 0 Å². The van der Waals surface area contributed by atoms with Gasteiger partial charge in [0, 0.05) is 29.9 Å². The third-order valence-electron chi connectivity index (χ3n) is 6.32. The number of fused-ring (bicyclic) bond motifs is 1. The van der Waals surface area contributed by atoms with Gasteiger partial charge in [0.2, 0.25) is 11.8 Å². The van der Waals surface area contributed by atoms with Crippen molar-refractivity contribution in [3.63, 3.8) is 0 Å². The number of benzene rings is 2. The standard InChI is InChI=1S/C23H22ClN3O3/c24-21-16(4-2-5-17(21)18-7-8-20(28)25-23(18)29)14-9-11-27(12-10-14)19-6-1-3-15-13-30-26-22(15)19/h1-6,13-14,18H,7-12H2,(H,25,28,29). The van der Waals surface area contributed by atoms with Crippen LogP contribution in [0.1, 0.15) is 48.6 Å². The number of halogens is 1. The molecule has 1 N–H and O–H groups in total. The number of imide groups is 1. The average Bonchev–Trinajstić information content (AvgIpc) is 3.24. The molecular formula is C23H22ClN3O3. The zero-order valence-electron chi connectivity index (χ0n) is 16.4. The molecule has 7 heteroatoms. The van der Waals surface area contributed by atoms with E-state index in [9.17, 15) is 9.59 Å². The van der Waals surface area contributed by atoms with E-state index in [1.807, 2.05) is 24.3 Å². The van der Waals surface area contributed by atoms with Gasteiger partial charge in [-0.25, -0.2) is 0 Å². The van der Waals surface area contributed by atoms with Gasteiger partial charge in [0.25, 0.3) is 0 Å². The minimum atomic E-state index is -0.361. The quantitative estimate of drug-likeness (QED) is 0.632. The molecular weight excluding hydrogens is 402 g/mol. The summed E-state index contributed by atoms with van der Waals surface area (Å²) in [6.45, 7) is 1.80. The highest BCUT2D eigenvalue weighted by Gasteiger charge is 2.31. The number of nitrogens with zero attached hydrogens (tertiary/aromatic N) is 2. The van der Waals surface area contributed by atoms with E-state index in [4.69, 9.17) is 16.1 Å². The molecule has 2 aromatic carbocycles. The first-order valence-electron chi connectivity index (χ1n) is 10.3. The maximum atomic E-state index is 12.3. The van der Waals surface area contributed by atoms with E-state index in [2.05, 4.69) is 27.5 Å². The highest BCUT2D eigenvalue weighted by molar-refractivity contribution is 6.32. The van der Waals surface area contributed by atoms with Gasteiger partial charge in [-0.1, -0.05) is 41.0 Å². The lowest BCUT2D eigenvalue weighted by molar-refractivity contribution is -0.134. The van der Waals surface area contributed by atoms with E-state index in [0.717, 1.165) is 53.6 Å². The minimum absolute atomic E-state index is 0.210. The number of carbonyl (C=O) groups excluding carboxylic acids is 2. The number of piperidine rings is 2. The number of amides is 2. The average molecular weight is 424 g/mol. The Hall–Kier alpha value is -2.86. The number of carbonyl (C=O) groups is 2. The summed E-state index contributed by atoms with van der Waals surface area (Å²) >= 11 is 6.79. The number of aromatic nitrogens is 1. The highest BCUT2D eigenvalue weighted by Crippen LogP contribution is 2.40. The molecule has 2 fully saturated rings. The van der Waals surface area contributed by atoms with Crippen molar-refractivity contribution in [1.82, 2.24) is 10.5 Å². The zero-order valence-corrected chi connectivity index (χ0v) is 17.2. The van der Waals surface area contributed by atoms with Gasteiger partial charge in [-0.15, -0.1) is 0 Å². The summed E-state index contributed by atoms with van der Waals surface area (Å²) < 4.78 is 5.14. The Morgan fingerprint density at radius 3 is 2.60 bits per heavy atom. The van der Waals surface area contributed by atoms with Crippen LogP contribution in [-0.4, -0.2) is 30.1 Å². The van der Waals surface area contributed by atoms with Crippen LogP contribution in [0.5, 0.6) is 0 Å². The first-order valence-corrected chi connectivity index (χ1v) is 10.7. The fraction of sp³-hybridized carbons (Fsp3) is 0.348. The summed E-state index contributed by atoms with van der Waals surface area (Å²) in [5.41, 5.74) is 3.92. The fourth-order valence-corrected chi connectivity index (χ4v) is 5.12. The lowest BCUT2D eigenvalue weighted by Gasteiger charge is -2.34. The predicted molar refractivity (Wildman–Crippen MR) is 115 cm³/mol. The SMILES string of the molecule is O=C1CCC(c2cccc(C3CCN(c4cccc5conc45)CC3)c2Cl)C(=O)N1. The molecule has 3 heterocycles. The predicted octanol–water partition coefficient (Wildman–Crippen LogP) is 4.39. The van der Waals surface area contributed by atoms with E-state index >= 15 is 0 Å². The Morgan fingerprint density at radius 2 is 1.80 bits per heavy atom. The number of nitrogens with one attached hydrogen (secondary N) is 1. The van der Waals surface area contributed by atoms with Crippen molar-refractivity contribution < 1.29 is 14.1 Å². The second-order valence-corrected chi connectivity index (χ2v) is 8.42. The van der Waals surface area contributed by atoms with Gasteiger partial charge in [-0.2, -0.15) is 0 Å². The Balaban J connectivity index is 1.35. The van der Waals surface area contributed by atoms with Gasteiger partial charge >= 0.3 is 0 Å². The molecule has 1 aromatic heterocycles. The van der Waals surface area contributed by atoms with E-state index in [-0.39, 0.29) is 17.7 Å². The van der Waals surface area contributed by atoms with Crippen molar-refractivity contribution in [2.24, 2.45) is 0 Å². The van der Waals surface area contributed by atoms with Crippen LogP contribution < -0.4 is 10.2 Å². The fourth-order valence-electron chi connectivity index (χ4n) is 4.71. The van der Waals surface area contributed by atoms with E-state index in [1.54, 1.807) is 6.26 Å². The first kappa shape index (κ1) is 19.1. The smallest absolute Gasteiger partial charge is 0.234 e. The first-order chi connectivity index (χ1) is 14.6. The molecule has 0 saturated carbocycles. The maximum absolute atomic E-state index is 12.3. The van der Waals surface area contributed by atoms with Gasteiger partial charge in [0.15, 0.2) is 0 Å². The summed E-state index contributed by atoms with van der Waals surface area (Å²) in [7, 11) is 0. The monoisotopic (exact) mass is 423 g/mol. The summed E-state index contributed by atoms with van der Waals surface area (Å²) in [5.74, 6) is -0.489. The molecule has 2 saturated heterocycles. The van der Waals surface area contributed by atoms with Crippen molar-refractivity contribution in [1.29, 1.82) is 0 Å². The van der Waals surface area contributed by atoms with Gasteiger partial charge < -0.3 is 9.42 Å². The molecule has 6 nitrogen and oxygen atoms in total. The number of anilines is 1. The van der Waals surface area contributed by atoms with Crippen LogP contribution in [0.25, 0.3) is 10.9 Å². The third-order valence-corrected chi connectivity index (χ3v) is 6.75. The van der Waals surface area contributed by atoms with Crippen LogP contribution in [0.15, 0.2) is 47.2 Å². The number of hydrogen-bond acceptors (Lipinski definition) is 5. The molecule has 2 aliphatic rings. The van der Waals surface area contributed by atoms with Gasteiger partial charge in [-0.05, 0) is 48.4 Å². The Kier molecular flexibility index (Phi) is 4.95. The topological polar surface area (TPSA) is 75.4 Å². The van der Waals surface area contributed by atoms with Gasteiger partial charge in [0.1, 0.15) is 11.8 Å². The molecule has 5 rings (SSSR count). The summed E-state index contributed by atoms with van der Waals surface area (Å²) in [6, 6.07) is 12.1. The van der Waals surface area contributed by atoms with Crippen molar-refractivity contribution in [3.05, 3.63) is 58.8 Å². The lowest BCUT2D eigenvalue weighted by Crippen LogP contribution is -2.39. The van der Waals surface area contributed by atoms with Crippen LogP contribution >= 0.6 is 11.6 Å². The Labute approximate surface area is 179 Å². The van der Waals surface area contributed by atoms with Crippen LogP contribution in [0.4, 0.5) is 5.69 Å². The molecule has 0 aliphatic carbocycles. The van der Waals surface area contributed by atoms with Gasteiger partial charge in [0.05, 0.1) is 11.6 Å². The van der Waals surface area contributed by atoms with Crippen LogP contribution in [-0.2, 0) is 9.59 Å². The molecule has 154 valence electrons. The molecule has 2 amide bonds. The second kappa shape index (κ2) is 7.76. The highest BCUT2D eigenvalue weighted by atomic mass is 35.5. The lowest BCUT2D eigenvalue weighted by atomic mass is 9.84. The number of rotatable bonds is 3. The van der Waals surface area contributed by atoms with Crippen molar-refractivity contribution in [2.75, 3.05) is 18.0 Å². The summed E-state index contributed by atoms with van der Waals surface area (Å²) in [5, 5.41) is 8.27. The minimum Gasteiger partial charge on any atom is -0.370 e. The second-order valence-electron chi connectivity index (χ2n) is 8.04.